The van der Waals surface area contributed by atoms with Crippen LogP contribution in [0.3, 0.4) is 0 Å². The molecule has 0 radical (unpaired) electrons. The van der Waals surface area contributed by atoms with Crippen molar-refractivity contribution < 1.29 is 4.79 Å². The van der Waals surface area contributed by atoms with Crippen molar-refractivity contribution in [3.05, 3.63) is 12.2 Å². The van der Waals surface area contributed by atoms with Crippen LogP contribution in [0.5, 0.6) is 0 Å². The molecule has 90 valence electrons. The quantitative estimate of drug-likeness (QED) is 0.656. The summed E-state index contributed by atoms with van der Waals surface area (Å²) >= 11 is 0. The molecule has 0 aliphatic carbocycles. The van der Waals surface area contributed by atoms with Crippen LogP contribution < -0.4 is 5.32 Å². The third-order valence-corrected chi connectivity index (χ3v) is 2.38. The Hall–Kier alpha value is -1.39. The first kappa shape index (κ1) is 12.7. The molecule has 0 bridgehead atoms. The van der Waals surface area contributed by atoms with Crippen LogP contribution in [0.4, 0.5) is 0 Å². The molecule has 1 amide bonds. The molecule has 16 heavy (non-hydrogen) atoms. The summed E-state index contributed by atoms with van der Waals surface area (Å²) in [7, 11) is 0. The third kappa shape index (κ3) is 5.48. The third-order valence-electron chi connectivity index (χ3n) is 2.38. The van der Waals surface area contributed by atoms with E-state index in [9.17, 15) is 4.79 Å². The Bertz CT molecular complexity index is 284. The Morgan fingerprint density at radius 1 is 1.44 bits per heavy atom. The predicted molar refractivity (Wildman–Crippen MR) is 61.9 cm³/mol. The number of hydrogen-bond acceptors (Lipinski definition) is 3. The molecule has 0 saturated carbocycles. The number of nitrogens with zero attached hydrogens (tertiary/aromatic N) is 2. The van der Waals surface area contributed by atoms with E-state index in [0.717, 1.165) is 37.9 Å². The fourth-order valence-corrected chi connectivity index (χ4v) is 1.46. The second-order valence-corrected chi connectivity index (χ2v) is 3.84. The number of unbranched alkanes of at least 4 members (excludes halogenated alkanes) is 2. The fourth-order valence-electron chi connectivity index (χ4n) is 1.46. The summed E-state index contributed by atoms with van der Waals surface area (Å²) < 4.78 is 0. The zero-order chi connectivity index (χ0) is 11.6. The van der Waals surface area contributed by atoms with Gasteiger partial charge in [-0.3, -0.25) is 9.89 Å². The topological polar surface area (TPSA) is 70.7 Å². The van der Waals surface area contributed by atoms with Crippen molar-refractivity contribution in [2.45, 2.75) is 45.4 Å². The summed E-state index contributed by atoms with van der Waals surface area (Å²) in [5.41, 5.74) is 0. The van der Waals surface area contributed by atoms with Crippen LogP contribution in [0, 0.1) is 0 Å². The summed E-state index contributed by atoms with van der Waals surface area (Å²) in [6, 6.07) is 0. The lowest BCUT2D eigenvalue weighted by Crippen LogP contribution is -2.24. The van der Waals surface area contributed by atoms with Crippen molar-refractivity contribution in [2.75, 3.05) is 6.54 Å². The molecule has 0 aliphatic heterocycles. The van der Waals surface area contributed by atoms with Gasteiger partial charge in [0.2, 0.25) is 5.91 Å². The number of aryl methyl sites for hydroxylation is 1. The second-order valence-electron chi connectivity index (χ2n) is 3.84. The molecular formula is C11H20N4O. The summed E-state index contributed by atoms with van der Waals surface area (Å²) in [6.45, 7) is 2.85. The molecule has 0 atom stereocenters. The molecule has 0 aromatic carbocycles. The largest absolute Gasteiger partial charge is 0.356 e. The van der Waals surface area contributed by atoms with Crippen LogP contribution >= 0.6 is 0 Å². The summed E-state index contributed by atoms with van der Waals surface area (Å²) in [4.78, 5) is 15.3. The minimum Gasteiger partial charge on any atom is -0.356 e. The van der Waals surface area contributed by atoms with Gasteiger partial charge in [0.1, 0.15) is 12.2 Å². The summed E-state index contributed by atoms with van der Waals surface area (Å²) in [5, 5.41) is 9.46. The highest BCUT2D eigenvalue weighted by atomic mass is 16.1. The maximum absolute atomic E-state index is 11.3. The Labute approximate surface area is 96.0 Å². The number of carbonyl (C=O) groups is 1. The maximum Gasteiger partial charge on any atom is 0.219 e. The van der Waals surface area contributed by atoms with Gasteiger partial charge in [-0.2, -0.15) is 5.10 Å². The van der Waals surface area contributed by atoms with E-state index >= 15 is 0 Å². The maximum atomic E-state index is 11.3. The lowest BCUT2D eigenvalue weighted by Gasteiger charge is -2.03. The first-order valence-electron chi connectivity index (χ1n) is 5.94. The van der Waals surface area contributed by atoms with E-state index < -0.39 is 0 Å². The van der Waals surface area contributed by atoms with E-state index in [2.05, 4.69) is 27.4 Å². The smallest absolute Gasteiger partial charge is 0.219 e. The molecule has 5 nitrogen and oxygen atoms in total. The lowest BCUT2D eigenvalue weighted by molar-refractivity contribution is -0.121. The van der Waals surface area contributed by atoms with Crippen LogP contribution in [0.15, 0.2) is 6.33 Å². The molecule has 1 rings (SSSR count). The number of nitrogens with one attached hydrogen (secondary N) is 2. The number of aromatic amines is 1. The highest BCUT2D eigenvalue weighted by Gasteiger charge is 2.00. The van der Waals surface area contributed by atoms with Gasteiger partial charge in [0, 0.05) is 19.4 Å². The molecule has 1 aromatic rings. The van der Waals surface area contributed by atoms with Gasteiger partial charge in [-0.15, -0.1) is 0 Å². The van der Waals surface area contributed by atoms with E-state index in [0.29, 0.717) is 13.0 Å². The highest BCUT2D eigenvalue weighted by molar-refractivity contribution is 5.75. The van der Waals surface area contributed by atoms with E-state index in [4.69, 9.17) is 0 Å². The van der Waals surface area contributed by atoms with Crippen LogP contribution in [-0.4, -0.2) is 27.6 Å². The molecule has 0 aliphatic rings. The van der Waals surface area contributed by atoms with Crippen molar-refractivity contribution in [2.24, 2.45) is 0 Å². The molecule has 0 saturated heterocycles. The minimum atomic E-state index is 0.158. The molecule has 0 fully saturated rings. The number of amides is 1. The predicted octanol–water partition coefficient (Wildman–Crippen LogP) is 1.43. The highest BCUT2D eigenvalue weighted by Crippen LogP contribution is 1.98. The van der Waals surface area contributed by atoms with Crippen molar-refractivity contribution in [1.82, 2.24) is 20.5 Å². The van der Waals surface area contributed by atoms with Gasteiger partial charge >= 0.3 is 0 Å². The van der Waals surface area contributed by atoms with Crippen molar-refractivity contribution in [1.29, 1.82) is 0 Å². The zero-order valence-corrected chi connectivity index (χ0v) is 9.83. The molecule has 1 aromatic heterocycles. The van der Waals surface area contributed by atoms with E-state index in [1.165, 1.54) is 6.33 Å². The summed E-state index contributed by atoms with van der Waals surface area (Å²) in [5.74, 6) is 1.03. The van der Waals surface area contributed by atoms with Crippen LogP contribution in [0.1, 0.15) is 44.9 Å². The van der Waals surface area contributed by atoms with Gasteiger partial charge in [0.25, 0.3) is 0 Å². The molecule has 0 unspecified atom stereocenters. The van der Waals surface area contributed by atoms with E-state index in [1.54, 1.807) is 0 Å². The number of H-pyrrole nitrogens is 1. The van der Waals surface area contributed by atoms with E-state index in [-0.39, 0.29) is 5.91 Å². The SMILES string of the molecule is CCCCCC(=O)NCCCc1ncn[nH]1. The standard InChI is InChI=1S/C11H20N4O/c1-2-3-4-7-11(16)12-8-5-6-10-13-9-14-15-10/h9H,2-8H2,1H3,(H,12,16)(H,13,14,15). The second kappa shape index (κ2) is 7.84. The Morgan fingerprint density at radius 2 is 2.31 bits per heavy atom. The van der Waals surface area contributed by atoms with Crippen LogP contribution in [0.2, 0.25) is 0 Å². The first-order valence-corrected chi connectivity index (χ1v) is 5.94. The van der Waals surface area contributed by atoms with Crippen LogP contribution in [0.25, 0.3) is 0 Å². The molecule has 2 N–H and O–H groups in total. The van der Waals surface area contributed by atoms with Gasteiger partial charge in [-0.25, -0.2) is 4.98 Å². The monoisotopic (exact) mass is 224 g/mol. The minimum absolute atomic E-state index is 0.158. The molecule has 5 heteroatoms. The average Bonchev–Trinajstić information content (AvgIpc) is 2.78. The Balaban J connectivity index is 1.96. The molecule has 1 heterocycles. The first-order chi connectivity index (χ1) is 7.83. The molecular weight excluding hydrogens is 204 g/mol. The normalized spacial score (nSPS) is 10.3. The van der Waals surface area contributed by atoms with Gasteiger partial charge in [0.15, 0.2) is 0 Å². The average molecular weight is 224 g/mol. The summed E-state index contributed by atoms with van der Waals surface area (Å²) in [6.07, 6.45) is 7.15. The molecule has 0 spiro atoms. The van der Waals surface area contributed by atoms with Crippen LogP contribution in [-0.2, 0) is 11.2 Å². The van der Waals surface area contributed by atoms with Gasteiger partial charge in [0.05, 0.1) is 0 Å². The van der Waals surface area contributed by atoms with Crippen molar-refractivity contribution >= 4 is 5.91 Å². The van der Waals surface area contributed by atoms with E-state index in [1.807, 2.05) is 0 Å². The van der Waals surface area contributed by atoms with Crippen molar-refractivity contribution in [3.8, 4) is 0 Å². The zero-order valence-electron chi connectivity index (χ0n) is 9.83. The number of rotatable bonds is 8. The van der Waals surface area contributed by atoms with Gasteiger partial charge in [-0.1, -0.05) is 19.8 Å². The number of aromatic nitrogens is 3. The Kier molecular flexibility index (Phi) is 6.22. The fraction of sp³-hybridized carbons (Fsp3) is 0.727. The lowest BCUT2D eigenvalue weighted by atomic mass is 10.2. The number of carbonyl (C=O) groups excluding carboxylic acids is 1. The van der Waals surface area contributed by atoms with Gasteiger partial charge < -0.3 is 5.32 Å². The number of hydrogen-bond donors (Lipinski definition) is 2. The van der Waals surface area contributed by atoms with Crippen molar-refractivity contribution in [3.63, 3.8) is 0 Å². The van der Waals surface area contributed by atoms with Gasteiger partial charge in [-0.05, 0) is 12.8 Å². The Morgan fingerprint density at radius 3 is 3.00 bits per heavy atom.